The summed E-state index contributed by atoms with van der Waals surface area (Å²) in [6, 6.07) is 19.7. The monoisotopic (exact) mass is 561 g/mol. The molecule has 0 radical (unpaired) electrons. The fourth-order valence-electron chi connectivity index (χ4n) is 4.21. The summed E-state index contributed by atoms with van der Waals surface area (Å²) in [7, 11) is -7.30. The van der Waals surface area contributed by atoms with Crippen LogP contribution in [0.3, 0.4) is 0 Å². The van der Waals surface area contributed by atoms with Crippen LogP contribution in [0, 0.1) is 12.8 Å². The molecule has 1 aliphatic rings. The minimum Gasteiger partial charge on any atom is -0.326 e. The second kappa shape index (κ2) is 11.2. The van der Waals surface area contributed by atoms with Crippen molar-refractivity contribution in [3.63, 3.8) is 0 Å². The molecule has 3 aromatic carbocycles. The third-order valence-electron chi connectivity index (χ3n) is 6.16. The SMILES string of the molecule is Cc1cccc(NS(=O)(=O)c2ccc(NC(=O)C3CCN(S(=O)(=O)Cc4cccc(Cl)c4)CC3)cc2)c1. The van der Waals surface area contributed by atoms with Gasteiger partial charge in [-0.1, -0.05) is 35.9 Å². The van der Waals surface area contributed by atoms with Crippen molar-refractivity contribution in [2.75, 3.05) is 23.1 Å². The molecule has 0 aliphatic carbocycles. The van der Waals surface area contributed by atoms with Crippen LogP contribution >= 0.6 is 11.6 Å². The van der Waals surface area contributed by atoms with Crippen molar-refractivity contribution in [3.05, 3.63) is 88.9 Å². The molecule has 0 bridgehead atoms. The number of anilines is 2. The standard InChI is InChI=1S/C26H28ClN3O5S2/c1-19-4-2-7-24(16-19)29-37(34,35)25-10-8-23(9-11-25)28-26(31)21-12-14-30(15-13-21)36(32,33)18-20-5-3-6-22(27)17-20/h2-11,16-17,21,29H,12-15,18H2,1H3,(H,28,31). The van der Waals surface area contributed by atoms with Crippen LogP contribution in [-0.2, 0) is 30.6 Å². The molecule has 37 heavy (non-hydrogen) atoms. The minimum absolute atomic E-state index is 0.0743. The third-order valence-corrected chi connectivity index (χ3v) is 9.64. The number of rotatable bonds is 8. The summed E-state index contributed by atoms with van der Waals surface area (Å²) in [5.41, 5.74) is 2.49. The molecule has 1 aliphatic heterocycles. The molecule has 0 saturated carbocycles. The first-order valence-corrected chi connectivity index (χ1v) is 15.2. The van der Waals surface area contributed by atoms with Crippen molar-refractivity contribution < 1.29 is 21.6 Å². The number of benzene rings is 3. The van der Waals surface area contributed by atoms with Gasteiger partial charge in [0.25, 0.3) is 10.0 Å². The Labute approximate surface area is 222 Å². The van der Waals surface area contributed by atoms with Crippen molar-refractivity contribution in [1.29, 1.82) is 0 Å². The zero-order valence-corrected chi connectivity index (χ0v) is 22.6. The number of carbonyl (C=O) groups is 1. The molecule has 2 N–H and O–H groups in total. The number of aryl methyl sites for hydroxylation is 1. The van der Waals surface area contributed by atoms with Gasteiger partial charge in [-0.15, -0.1) is 0 Å². The number of piperidine rings is 1. The van der Waals surface area contributed by atoms with Gasteiger partial charge in [0, 0.05) is 35.4 Å². The highest BCUT2D eigenvalue weighted by Gasteiger charge is 2.31. The predicted octanol–water partition coefficient (Wildman–Crippen LogP) is 4.63. The first-order valence-electron chi connectivity index (χ1n) is 11.7. The summed E-state index contributed by atoms with van der Waals surface area (Å²) >= 11 is 5.96. The number of hydrogen-bond acceptors (Lipinski definition) is 5. The Kier molecular flexibility index (Phi) is 8.23. The maximum absolute atomic E-state index is 12.8. The summed E-state index contributed by atoms with van der Waals surface area (Å²) in [6.45, 7) is 2.38. The van der Waals surface area contributed by atoms with E-state index in [0.717, 1.165) is 5.56 Å². The molecule has 0 spiro atoms. The lowest BCUT2D eigenvalue weighted by Crippen LogP contribution is -2.41. The van der Waals surface area contributed by atoms with Gasteiger partial charge < -0.3 is 5.32 Å². The first kappa shape index (κ1) is 27.1. The lowest BCUT2D eigenvalue weighted by atomic mass is 9.97. The molecule has 1 amide bonds. The molecule has 3 aromatic rings. The Morgan fingerprint density at radius 3 is 2.24 bits per heavy atom. The van der Waals surface area contributed by atoms with Crippen molar-refractivity contribution in [2.45, 2.75) is 30.4 Å². The second-order valence-corrected chi connectivity index (χ2v) is 13.1. The number of sulfonamides is 2. The average molecular weight is 562 g/mol. The van der Waals surface area contributed by atoms with Gasteiger partial charge in [0.15, 0.2) is 0 Å². The molecule has 0 unspecified atom stereocenters. The van der Waals surface area contributed by atoms with Crippen molar-refractivity contribution >= 4 is 48.9 Å². The van der Waals surface area contributed by atoms with Crippen LogP contribution in [0.15, 0.2) is 77.7 Å². The Morgan fingerprint density at radius 2 is 1.59 bits per heavy atom. The summed E-state index contributed by atoms with van der Waals surface area (Å²) in [5.74, 6) is -0.706. The van der Waals surface area contributed by atoms with Crippen LogP contribution in [0.2, 0.25) is 5.02 Å². The highest BCUT2D eigenvalue weighted by molar-refractivity contribution is 7.92. The van der Waals surface area contributed by atoms with E-state index in [1.165, 1.54) is 28.6 Å². The molecule has 1 fully saturated rings. The smallest absolute Gasteiger partial charge is 0.261 e. The van der Waals surface area contributed by atoms with Gasteiger partial charge in [0.1, 0.15) is 0 Å². The number of nitrogens with zero attached hydrogens (tertiary/aromatic N) is 1. The molecule has 1 heterocycles. The molecule has 4 rings (SSSR count). The Morgan fingerprint density at radius 1 is 0.919 bits per heavy atom. The number of hydrogen-bond donors (Lipinski definition) is 2. The molecule has 196 valence electrons. The van der Waals surface area contributed by atoms with E-state index >= 15 is 0 Å². The summed E-state index contributed by atoms with van der Waals surface area (Å²) < 4.78 is 54.9. The summed E-state index contributed by atoms with van der Waals surface area (Å²) in [5, 5.41) is 3.29. The highest BCUT2D eigenvalue weighted by atomic mass is 35.5. The quantitative estimate of drug-likeness (QED) is 0.416. The molecular weight excluding hydrogens is 534 g/mol. The van der Waals surface area contributed by atoms with E-state index in [2.05, 4.69) is 10.0 Å². The molecule has 1 saturated heterocycles. The van der Waals surface area contributed by atoms with Crippen LogP contribution in [0.1, 0.15) is 24.0 Å². The second-order valence-electron chi connectivity index (χ2n) is 9.05. The fraction of sp³-hybridized carbons (Fsp3) is 0.269. The van der Waals surface area contributed by atoms with Gasteiger partial charge in [-0.25, -0.2) is 21.1 Å². The number of carbonyl (C=O) groups excluding carboxylic acids is 1. The van der Waals surface area contributed by atoms with E-state index in [-0.39, 0.29) is 35.6 Å². The van der Waals surface area contributed by atoms with E-state index in [9.17, 15) is 21.6 Å². The molecule has 0 atom stereocenters. The lowest BCUT2D eigenvalue weighted by molar-refractivity contribution is -0.120. The number of nitrogens with one attached hydrogen (secondary N) is 2. The average Bonchev–Trinajstić information content (AvgIpc) is 2.84. The third kappa shape index (κ3) is 7.10. The largest absolute Gasteiger partial charge is 0.326 e. The lowest BCUT2D eigenvalue weighted by Gasteiger charge is -2.30. The van der Waals surface area contributed by atoms with Crippen molar-refractivity contribution in [3.8, 4) is 0 Å². The van der Waals surface area contributed by atoms with Crippen LogP contribution in [0.25, 0.3) is 0 Å². The van der Waals surface area contributed by atoms with Gasteiger partial charge >= 0.3 is 0 Å². The van der Waals surface area contributed by atoms with Gasteiger partial charge in [-0.3, -0.25) is 9.52 Å². The molecule has 11 heteroatoms. The maximum atomic E-state index is 12.8. The predicted molar refractivity (Wildman–Crippen MR) is 145 cm³/mol. The van der Waals surface area contributed by atoms with Gasteiger partial charge in [0.05, 0.1) is 10.6 Å². The Hall–Kier alpha value is -2.92. The molecule has 0 aromatic heterocycles. The van der Waals surface area contributed by atoms with Crippen LogP contribution < -0.4 is 10.0 Å². The fourth-order valence-corrected chi connectivity index (χ4v) is 7.02. The van der Waals surface area contributed by atoms with E-state index in [1.807, 2.05) is 13.0 Å². The van der Waals surface area contributed by atoms with E-state index in [1.54, 1.807) is 42.5 Å². The van der Waals surface area contributed by atoms with Crippen molar-refractivity contribution in [1.82, 2.24) is 4.31 Å². The van der Waals surface area contributed by atoms with E-state index < -0.39 is 20.0 Å². The summed E-state index contributed by atoms with van der Waals surface area (Å²) in [4.78, 5) is 12.9. The van der Waals surface area contributed by atoms with Crippen LogP contribution in [0.4, 0.5) is 11.4 Å². The van der Waals surface area contributed by atoms with E-state index in [4.69, 9.17) is 11.6 Å². The molecular formula is C26H28ClN3O5S2. The zero-order valence-electron chi connectivity index (χ0n) is 20.2. The van der Waals surface area contributed by atoms with Crippen molar-refractivity contribution in [2.24, 2.45) is 5.92 Å². The maximum Gasteiger partial charge on any atom is 0.261 e. The topological polar surface area (TPSA) is 113 Å². The highest BCUT2D eigenvalue weighted by Crippen LogP contribution is 2.25. The van der Waals surface area contributed by atoms with Gasteiger partial charge in [0.2, 0.25) is 15.9 Å². The van der Waals surface area contributed by atoms with Crippen LogP contribution in [0.5, 0.6) is 0 Å². The van der Waals surface area contributed by atoms with Gasteiger partial charge in [-0.2, -0.15) is 0 Å². The minimum atomic E-state index is -3.77. The Bertz CT molecular complexity index is 1480. The van der Waals surface area contributed by atoms with E-state index in [0.29, 0.717) is 34.8 Å². The summed E-state index contributed by atoms with van der Waals surface area (Å²) in [6.07, 6.45) is 0.793. The van der Waals surface area contributed by atoms with Gasteiger partial charge in [-0.05, 0) is 79.4 Å². The zero-order chi connectivity index (χ0) is 26.6. The number of amides is 1. The number of halogens is 1. The van der Waals surface area contributed by atoms with Crippen LogP contribution in [-0.4, -0.2) is 40.1 Å². The normalized spacial score (nSPS) is 15.3. The first-order chi connectivity index (χ1) is 17.5. The molecule has 8 nitrogen and oxygen atoms in total. The Balaban J connectivity index is 1.31.